The molecule has 0 N–H and O–H groups in total. The van der Waals surface area contributed by atoms with Gasteiger partial charge in [-0.3, -0.25) is 0 Å². The monoisotopic (exact) mass is 368 g/mol. The van der Waals surface area contributed by atoms with E-state index in [-0.39, 0.29) is 0 Å². The first-order chi connectivity index (χ1) is 12.6. The first kappa shape index (κ1) is 19.7. The minimum Gasteiger partial charge on any atom is -0.507 e. The van der Waals surface area contributed by atoms with Crippen LogP contribution >= 0.6 is 0 Å². The summed E-state index contributed by atoms with van der Waals surface area (Å²) in [7, 11) is -1.50. The molecule has 0 aliphatic carbocycles. The van der Waals surface area contributed by atoms with E-state index in [1.54, 1.807) is 0 Å². The van der Waals surface area contributed by atoms with Gasteiger partial charge < -0.3 is 9.16 Å². The van der Waals surface area contributed by atoms with Crippen LogP contribution in [-0.4, -0.2) is 27.4 Å². The van der Waals surface area contributed by atoms with Crippen molar-refractivity contribution < 1.29 is 18.8 Å². The number of rotatable bonds is 8. The Labute approximate surface area is 155 Å². The minimum absolute atomic E-state index is 0.522. The van der Waals surface area contributed by atoms with Gasteiger partial charge in [-0.05, 0) is 16.4 Å². The van der Waals surface area contributed by atoms with Gasteiger partial charge in [0.25, 0.3) is 0 Å². The van der Waals surface area contributed by atoms with Crippen molar-refractivity contribution in [3.05, 3.63) is 72.8 Å². The van der Waals surface area contributed by atoms with Crippen molar-refractivity contribution in [2.75, 3.05) is 7.11 Å². The number of esters is 1. The van der Waals surface area contributed by atoms with E-state index in [4.69, 9.17) is 4.43 Å². The summed E-state index contributed by atoms with van der Waals surface area (Å²) in [5, 5.41) is 2.08. The Morgan fingerprint density at radius 2 is 1.38 bits per heavy atom. The zero-order chi connectivity index (χ0) is 18.8. The second-order valence-corrected chi connectivity index (χ2v) is 9.45. The van der Waals surface area contributed by atoms with Crippen molar-refractivity contribution in [1.29, 1.82) is 0 Å². The number of hydrogen-bond acceptors (Lipinski definition) is 4. The van der Waals surface area contributed by atoms with Crippen molar-refractivity contribution in [2.45, 2.75) is 25.8 Å². The van der Waals surface area contributed by atoms with Crippen LogP contribution in [0.5, 0.6) is 0 Å². The molecule has 0 aliphatic rings. The highest BCUT2D eigenvalue weighted by atomic mass is 28.4. The number of methoxy groups -OCH3 is 1. The lowest BCUT2D eigenvalue weighted by atomic mass is 10.4. The molecule has 2 aromatic carbocycles. The zero-order valence-corrected chi connectivity index (χ0v) is 16.2. The second-order valence-electron chi connectivity index (χ2n) is 5.94. The third kappa shape index (κ3) is 4.92. The Balaban J connectivity index is 2.47. The van der Waals surface area contributed by atoms with E-state index < -0.39 is 20.3 Å². The fraction of sp³-hybridized carbons (Fsp3) is 0.238. The van der Waals surface area contributed by atoms with Crippen LogP contribution in [0.15, 0.2) is 72.8 Å². The third-order valence-corrected chi connectivity index (χ3v) is 8.33. The van der Waals surface area contributed by atoms with Gasteiger partial charge in [-0.1, -0.05) is 80.4 Å². The topological polar surface area (TPSA) is 52.6 Å². The molecule has 26 heavy (non-hydrogen) atoms. The van der Waals surface area contributed by atoms with Crippen LogP contribution in [0.2, 0.25) is 6.04 Å². The lowest BCUT2D eigenvalue weighted by Crippen LogP contribution is -2.61. The number of unbranched alkanes of at least 4 members (excludes halogenated alkanes) is 1. The summed E-state index contributed by atoms with van der Waals surface area (Å²) in [5.41, 5.74) is 0. The molecule has 0 heterocycles. The molecule has 0 amide bonds. The molecule has 4 nitrogen and oxygen atoms in total. The maximum Gasteiger partial charge on any atom is 0.330 e. The maximum absolute atomic E-state index is 12.5. The number of carbonyl (C=O) groups excluding carboxylic acids is 2. The van der Waals surface area contributed by atoms with E-state index >= 15 is 0 Å². The van der Waals surface area contributed by atoms with Crippen molar-refractivity contribution in [3.8, 4) is 0 Å². The van der Waals surface area contributed by atoms with E-state index in [2.05, 4.69) is 11.7 Å². The number of hydrogen-bond donors (Lipinski definition) is 0. The number of ether oxygens (including phenoxy) is 1. The van der Waals surface area contributed by atoms with Gasteiger partial charge in [-0.15, -0.1) is 0 Å². The molecule has 2 rings (SSSR count). The van der Waals surface area contributed by atoms with E-state index in [1.807, 2.05) is 60.7 Å². The average molecular weight is 369 g/mol. The lowest BCUT2D eigenvalue weighted by Gasteiger charge is -2.31. The highest BCUT2D eigenvalue weighted by Crippen LogP contribution is 2.17. The van der Waals surface area contributed by atoms with Crippen LogP contribution < -0.4 is 10.4 Å². The molecule has 136 valence electrons. The SMILES string of the molecule is CCCC[Si](OC(=O)C=CC(=O)OC)(c1ccccc1)c1ccccc1. The summed E-state index contributed by atoms with van der Waals surface area (Å²) in [5.74, 6) is -1.10. The molecular formula is C21H24O4Si. The molecule has 0 spiro atoms. The molecule has 0 fully saturated rings. The standard InChI is InChI=1S/C21H24O4Si/c1-3-4-17-26(18-11-7-5-8-12-18,19-13-9-6-10-14-19)25-21(23)16-15-20(22)24-2/h5-16H,3-4,17H2,1-2H3. The van der Waals surface area contributed by atoms with E-state index in [0.717, 1.165) is 41.4 Å². The normalized spacial score (nSPS) is 11.3. The Morgan fingerprint density at radius 3 is 1.85 bits per heavy atom. The third-order valence-electron chi connectivity index (χ3n) is 4.19. The number of carbonyl (C=O) groups is 2. The Bertz CT molecular complexity index is 702. The lowest BCUT2D eigenvalue weighted by molar-refractivity contribution is -0.135. The van der Waals surface area contributed by atoms with Crippen molar-refractivity contribution in [1.82, 2.24) is 0 Å². The summed E-state index contributed by atoms with van der Waals surface area (Å²) in [6, 6.07) is 20.6. The molecular weight excluding hydrogens is 344 g/mol. The molecule has 0 bridgehead atoms. The fourth-order valence-corrected chi connectivity index (χ4v) is 6.85. The molecule has 5 heteroatoms. The van der Waals surface area contributed by atoms with Crippen molar-refractivity contribution in [3.63, 3.8) is 0 Å². The summed E-state index contributed by atoms with van der Waals surface area (Å²) >= 11 is 0. The molecule has 0 saturated heterocycles. The fourth-order valence-electron chi connectivity index (χ4n) is 2.87. The summed E-state index contributed by atoms with van der Waals surface area (Å²) in [4.78, 5) is 23.8. The van der Waals surface area contributed by atoms with Crippen molar-refractivity contribution >= 4 is 30.6 Å². The van der Waals surface area contributed by atoms with Gasteiger partial charge in [-0.25, -0.2) is 9.59 Å². The van der Waals surface area contributed by atoms with E-state index in [1.165, 1.54) is 7.11 Å². The number of benzene rings is 2. The summed E-state index contributed by atoms with van der Waals surface area (Å²) in [6.45, 7) is 2.12. The highest BCUT2D eigenvalue weighted by Gasteiger charge is 2.42. The highest BCUT2D eigenvalue weighted by molar-refractivity contribution is 6.98. The second kappa shape index (κ2) is 9.72. The van der Waals surface area contributed by atoms with Gasteiger partial charge in [0.15, 0.2) is 0 Å². The van der Waals surface area contributed by atoms with Crippen LogP contribution in [-0.2, 0) is 18.8 Å². The van der Waals surface area contributed by atoms with Gasteiger partial charge in [0.2, 0.25) is 0 Å². The molecule has 0 radical (unpaired) electrons. The van der Waals surface area contributed by atoms with Crippen LogP contribution in [0.4, 0.5) is 0 Å². The predicted molar refractivity (Wildman–Crippen MR) is 105 cm³/mol. The zero-order valence-electron chi connectivity index (χ0n) is 15.2. The van der Waals surface area contributed by atoms with Crippen LogP contribution in [0.1, 0.15) is 19.8 Å². The van der Waals surface area contributed by atoms with Crippen LogP contribution in [0, 0.1) is 0 Å². The van der Waals surface area contributed by atoms with Gasteiger partial charge in [0.1, 0.15) is 0 Å². The first-order valence-corrected chi connectivity index (χ1v) is 10.8. The minimum atomic E-state index is -2.77. The van der Waals surface area contributed by atoms with Gasteiger partial charge in [-0.2, -0.15) is 0 Å². The first-order valence-electron chi connectivity index (χ1n) is 8.72. The molecule has 0 aromatic heterocycles. The smallest absolute Gasteiger partial charge is 0.330 e. The molecule has 0 unspecified atom stereocenters. The molecule has 2 aromatic rings. The predicted octanol–water partition coefficient (Wildman–Crippen LogP) is 2.82. The Morgan fingerprint density at radius 1 is 0.885 bits per heavy atom. The molecule has 0 atom stereocenters. The average Bonchev–Trinajstić information content (AvgIpc) is 2.70. The van der Waals surface area contributed by atoms with Gasteiger partial charge in [0, 0.05) is 12.2 Å². The Hall–Kier alpha value is -2.66. The van der Waals surface area contributed by atoms with Gasteiger partial charge >= 0.3 is 20.3 Å². The summed E-state index contributed by atoms with van der Waals surface area (Å²) < 4.78 is 10.7. The maximum atomic E-state index is 12.5. The Kier molecular flexibility index (Phi) is 7.35. The van der Waals surface area contributed by atoms with Crippen LogP contribution in [0.25, 0.3) is 0 Å². The summed E-state index contributed by atoms with van der Waals surface area (Å²) in [6.07, 6.45) is 4.19. The molecule has 0 aliphatic heterocycles. The van der Waals surface area contributed by atoms with Crippen molar-refractivity contribution in [2.24, 2.45) is 0 Å². The van der Waals surface area contributed by atoms with Gasteiger partial charge in [0.05, 0.1) is 7.11 Å². The van der Waals surface area contributed by atoms with Crippen LogP contribution in [0.3, 0.4) is 0 Å². The largest absolute Gasteiger partial charge is 0.507 e. The molecule has 0 saturated carbocycles. The quantitative estimate of drug-likeness (QED) is 0.408. The van der Waals surface area contributed by atoms with E-state index in [0.29, 0.717) is 0 Å². The van der Waals surface area contributed by atoms with E-state index in [9.17, 15) is 9.59 Å².